The summed E-state index contributed by atoms with van der Waals surface area (Å²) in [5.74, 6) is 11.6. The van der Waals surface area contributed by atoms with E-state index in [1.165, 1.54) is 0 Å². The normalized spacial score (nSPS) is 11.1. The zero-order valence-corrected chi connectivity index (χ0v) is 13.1. The summed E-state index contributed by atoms with van der Waals surface area (Å²) in [7, 11) is 0. The molecule has 0 amide bonds. The number of hydrogen-bond acceptors (Lipinski definition) is 2. The number of rotatable bonds is 4. The molecule has 0 saturated heterocycles. The van der Waals surface area contributed by atoms with Gasteiger partial charge in [0.1, 0.15) is 12.4 Å². The maximum Gasteiger partial charge on any atom is 0.140 e. The zero-order valence-electron chi connectivity index (χ0n) is 13.1. The molecule has 0 aliphatic carbocycles. The molecule has 0 spiro atoms. The van der Waals surface area contributed by atoms with E-state index in [0.717, 1.165) is 6.42 Å². The van der Waals surface area contributed by atoms with Crippen LogP contribution in [0, 0.1) is 34.5 Å². The van der Waals surface area contributed by atoms with Crippen LogP contribution in [-0.2, 0) is 9.53 Å². The summed E-state index contributed by atoms with van der Waals surface area (Å²) in [6.45, 7) is 12.9. The van der Waals surface area contributed by atoms with Crippen LogP contribution in [0.5, 0.6) is 0 Å². The molecule has 0 aliphatic heterocycles. The van der Waals surface area contributed by atoms with Crippen molar-refractivity contribution < 1.29 is 9.53 Å². The quantitative estimate of drug-likeness (QED) is 0.573. The van der Waals surface area contributed by atoms with E-state index < -0.39 is 0 Å². The Hall–Kier alpha value is -1.25. The lowest BCUT2D eigenvalue weighted by atomic mass is 9.89. The van der Waals surface area contributed by atoms with Crippen molar-refractivity contribution in [2.24, 2.45) is 10.8 Å². The Balaban J connectivity index is 3.75. The zero-order chi connectivity index (χ0) is 14.9. The molecule has 0 fully saturated rings. The molecule has 0 atom stereocenters. The van der Waals surface area contributed by atoms with Crippen LogP contribution < -0.4 is 0 Å². The van der Waals surface area contributed by atoms with Gasteiger partial charge >= 0.3 is 0 Å². The smallest absolute Gasteiger partial charge is 0.140 e. The average molecular weight is 262 g/mol. The van der Waals surface area contributed by atoms with Crippen LogP contribution in [0.2, 0.25) is 0 Å². The topological polar surface area (TPSA) is 26.3 Å². The Labute approximate surface area is 118 Å². The number of carbonyl (C=O) groups is 1. The number of ether oxygens (including phenoxy) is 1. The van der Waals surface area contributed by atoms with E-state index in [4.69, 9.17) is 4.74 Å². The number of Topliss-reactive ketones (excluding diaryl/α,β-unsaturated/α-hetero) is 1. The number of carbonyl (C=O) groups excluding carboxylic acids is 1. The lowest BCUT2D eigenvalue weighted by Crippen LogP contribution is -2.21. The molecular formula is C17H26O2. The van der Waals surface area contributed by atoms with E-state index in [1.807, 2.05) is 20.8 Å². The van der Waals surface area contributed by atoms with Gasteiger partial charge in [-0.25, -0.2) is 0 Å². The van der Waals surface area contributed by atoms with Gasteiger partial charge in [-0.15, -0.1) is 0 Å². The van der Waals surface area contributed by atoms with Crippen LogP contribution in [0.3, 0.4) is 0 Å². The van der Waals surface area contributed by atoms with Crippen molar-refractivity contribution in [2.75, 3.05) is 13.2 Å². The third-order valence-electron chi connectivity index (χ3n) is 2.34. The van der Waals surface area contributed by atoms with Crippen molar-refractivity contribution >= 4 is 5.78 Å². The van der Waals surface area contributed by atoms with Crippen LogP contribution in [0.25, 0.3) is 0 Å². The maximum atomic E-state index is 11.6. The first kappa shape index (κ1) is 17.8. The molecule has 0 aromatic carbocycles. The molecule has 2 nitrogen and oxygen atoms in total. The van der Waals surface area contributed by atoms with Crippen molar-refractivity contribution in [3.8, 4) is 23.7 Å². The minimum absolute atomic E-state index is 0.213. The maximum absolute atomic E-state index is 11.6. The molecule has 0 heterocycles. The molecule has 0 bridgehead atoms. The van der Waals surface area contributed by atoms with Gasteiger partial charge < -0.3 is 4.74 Å². The van der Waals surface area contributed by atoms with E-state index in [0.29, 0.717) is 19.6 Å². The Morgan fingerprint density at radius 1 is 1.00 bits per heavy atom. The predicted molar refractivity (Wildman–Crippen MR) is 79.5 cm³/mol. The summed E-state index contributed by atoms with van der Waals surface area (Å²) in [6.07, 6.45) is 1.28. The summed E-state index contributed by atoms with van der Waals surface area (Å²) in [4.78, 5) is 11.6. The largest absolute Gasteiger partial charge is 0.368 e. The van der Waals surface area contributed by atoms with Gasteiger partial charge in [0, 0.05) is 18.3 Å². The fourth-order valence-electron chi connectivity index (χ4n) is 1.10. The predicted octanol–water partition coefficient (Wildman–Crippen LogP) is 3.45. The first-order chi connectivity index (χ1) is 8.63. The summed E-state index contributed by atoms with van der Waals surface area (Å²) in [5, 5.41) is 0. The van der Waals surface area contributed by atoms with Crippen LogP contribution in [0.1, 0.15) is 54.4 Å². The number of ketones is 1. The fraction of sp³-hybridized carbons (Fsp3) is 0.706. The molecule has 0 aromatic heterocycles. The van der Waals surface area contributed by atoms with Crippen molar-refractivity contribution in [2.45, 2.75) is 54.4 Å². The Bertz CT molecular complexity index is 397. The van der Waals surface area contributed by atoms with Gasteiger partial charge in [0.2, 0.25) is 0 Å². The van der Waals surface area contributed by atoms with E-state index in [-0.39, 0.29) is 16.6 Å². The molecule has 19 heavy (non-hydrogen) atoms. The van der Waals surface area contributed by atoms with Crippen LogP contribution >= 0.6 is 0 Å². The lowest BCUT2D eigenvalue weighted by Gasteiger charge is -2.15. The summed E-state index contributed by atoms with van der Waals surface area (Å²) in [5.41, 5.74) is -0.0635. The van der Waals surface area contributed by atoms with E-state index in [9.17, 15) is 4.79 Å². The van der Waals surface area contributed by atoms with Crippen molar-refractivity contribution in [3.63, 3.8) is 0 Å². The third-order valence-corrected chi connectivity index (χ3v) is 2.34. The molecule has 0 unspecified atom stereocenters. The molecule has 0 aromatic rings. The second-order valence-electron chi connectivity index (χ2n) is 6.82. The van der Waals surface area contributed by atoms with E-state index >= 15 is 0 Å². The minimum atomic E-state index is -0.284. The monoisotopic (exact) mass is 262 g/mol. The second kappa shape index (κ2) is 8.03. The molecule has 0 aliphatic rings. The highest BCUT2D eigenvalue weighted by molar-refractivity contribution is 5.83. The van der Waals surface area contributed by atoms with Gasteiger partial charge in [-0.3, -0.25) is 4.79 Å². The lowest BCUT2D eigenvalue weighted by molar-refractivity contribution is -0.127. The van der Waals surface area contributed by atoms with Crippen LogP contribution in [-0.4, -0.2) is 19.0 Å². The summed E-state index contributed by atoms with van der Waals surface area (Å²) in [6, 6.07) is 0. The second-order valence-corrected chi connectivity index (χ2v) is 6.82. The fourth-order valence-corrected chi connectivity index (χ4v) is 1.10. The van der Waals surface area contributed by atoms with Crippen molar-refractivity contribution in [3.05, 3.63) is 0 Å². The first-order valence-corrected chi connectivity index (χ1v) is 6.70. The van der Waals surface area contributed by atoms with Crippen LogP contribution in [0.15, 0.2) is 0 Å². The molecule has 2 heteroatoms. The molecule has 0 rings (SSSR count). The van der Waals surface area contributed by atoms with Crippen molar-refractivity contribution in [1.82, 2.24) is 0 Å². The average Bonchev–Trinajstić information content (AvgIpc) is 2.23. The number of hydrogen-bond donors (Lipinski definition) is 0. The summed E-state index contributed by atoms with van der Waals surface area (Å²) < 4.78 is 5.28. The van der Waals surface area contributed by atoms with Gasteiger partial charge in [-0.2, -0.15) is 0 Å². The van der Waals surface area contributed by atoms with Gasteiger partial charge in [-0.05, 0) is 17.3 Å². The Morgan fingerprint density at radius 2 is 1.58 bits per heavy atom. The molecule has 106 valence electrons. The summed E-state index contributed by atoms with van der Waals surface area (Å²) >= 11 is 0. The molecule has 0 N–H and O–H groups in total. The Kier molecular flexibility index (Phi) is 7.50. The van der Waals surface area contributed by atoms with E-state index in [2.05, 4.69) is 44.5 Å². The molecular weight excluding hydrogens is 236 g/mol. The highest BCUT2D eigenvalue weighted by atomic mass is 16.5. The van der Waals surface area contributed by atoms with Gasteiger partial charge in [0.05, 0.1) is 6.61 Å². The van der Waals surface area contributed by atoms with Crippen molar-refractivity contribution in [1.29, 1.82) is 0 Å². The van der Waals surface area contributed by atoms with Gasteiger partial charge in [0.15, 0.2) is 0 Å². The Morgan fingerprint density at radius 3 is 2.11 bits per heavy atom. The van der Waals surface area contributed by atoms with Gasteiger partial charge in [0.25, 0.3) is 0 Å². The molecule has 0 radical (unpaired) electrons. The minimum Gasteiger partial charge on any atom is -0.368 e. The first-order valence-electron chi connectivity index (χ1n) is 6.70. The highest BCUT2D eigenvalue weighted by Crippen LogP contribution is 2.17. The standard InChI is InChI=1S/C17H26O2/c1-16(2,3)12-9-7-8-10-13-19-14-11-15(18)17(4,5)6/h11-14H2,1-6H3. The SMILES string of the molecule is CC(C)(C)CC#CC#CCOCCC(=O)C(C)(C)C. The molecule has 0 saturated carbocycles. The van der Waals surface area contributed by atoms with Crippen LogP contribution in [0.4, 0.5) is 0 Å². The third kappa shape index (κ3) is 11.6. The van der Waals surface area contributed by atoms with E-state index in [1.54, 1.807) is 0 Å². The highest BCUT2D eigenvalue weighted by Gasteiger charge is 2.20. The van der Waals surface area contributed by atoms with Gasteiger partial charge in [-0.1, -0.05) is 53.4 Å².